The van der Waals surface area contributed by atoms with E-state index in [1.807, 2.05) is 6.92 Å². The van der Waals surface area contributed by atoms with Gasteiger partial charge in [-0.05, 0) is 37.0 Å². The number of Topliss-reactive ketones (excluding diaryl/α,β-unsaturated/α-hetero) is 1. The first-order chi connectivity index (χ1) is 10.5. The van der Waals surface area contributed by atoms with E-state index in [4.69, 9.17) is 9.47 Å². The lowest BCUT2D eigenvalue weighted by atomic mass is 9.52. The molecule has 2 saturated heterocycles. The number of carbonyl (C=O) groups is 2. The van der Waals surface area contributed by atoms with Gasteiger partial charge < -0.3 is 14.6 Å². The van der Waals surface area contributed by atoms with Gasteiger partial charge in [0, 0.05) is 19.3 Å². The molecule has 2 aliphatic heterocycles. The first-order valence-electron chi connectivity index (χ1n) is 8.63. The Morgan fingerprint density at radius 2 is 2.00 bits per heavy atom. The lowest BCUT2D eigenvalue weighted by Gasteiger charge is -2.53. The van der Waals surface area contributed by atoms with Crippen molar-refractivity contribution < 1.29 is 24.2 Å². The monoisotopic (exact) mass is 322 g/mol. The van der Waals surface area contributed by atoms with Gasteiger partial charge in [-0.2, -0.15) is 0 Å². The molecule has 2 heterocycles. The third kappa shape index (κ3) is 1.52. The molecule has 128 valence electrons. The fourth-order valence-corrected chi connectivity index (χ4v) is 6.97. The van der Waals surface area contributed by atoms with Crippen LogP contribution in [0.5, 0.6) is 0 Å². The number of hydrogen-bond acceptors (Lipinski definition) is 5. The van der Waals surface area contributed by atoms with Crippen molar-refractivity contribution in [2.45, 2.75) is 71.4 Å². The van der Waals surface area contributed by atoms with E-state index in [1.165, 1.54) is 6.92 Å². The largest absolute Gasteiger partial charge is 0.462 e. The summed E-state index contributed by atoms with van der Waals surface area (Å²) >= 11 is 0. The molecule has 0 aromatic rings. The molecule has 7 atom stereocenters. The molecule has 4 aliphatic rings. The summed E-state index contributed by atoms with van der Waals surface area (Å²) in [5.41, 5.74) is -1.60. The second kappa shape index (κ2) is 3.99. The van der Waals surface area contributed by atoms with Crippen molar-refractivity contribution in [1.29, 1.82) is 0 Å². The van der Waals surface area contributed by atoms with Crippen LogP contribution in [0.3, 0.4) is 0 Å². The molecule has 2 bridgehead atoms. The number of hydrogen-bond donors (Lipinski definition) is 1. The Bertz CT molecular complexity index is 613. The maximum absolute atomic E-state index is 13.0. The minimum absolute atomic E-state index is 0.0643. The highest BCUT2D eigenvalue weighted by atomic mass is 16.7. The average molecular weight is 322 g/mol. The number of aliphatic hydroxyl groups is 1. The molecule has 4 fully saturated rings. The summed E-state index contributed by atoms with van der Waals surface area (Å²) in [5.74, 6) is -1.80. The summed E-state index contributed by atoms with van der Waals surface area (Å²) in [6, 6.07) is 0. The topological polar surface area (TPSA) is 72.8 Å². The molecular weight excluding hydrogens is 296 g/mol. The minimum Gasteiger partial charge on any atom is -0.462 e. The maximum atomic E-state index is 13.0. The van der Waals surface area contributed by atoms with Crippen molar-refractivity contribution in [3.05, 3.63) is 0 Å². The molecule has 0 amide bonds. The van der Waals surface area contributed by atoms with Gasteiger partial charge in [-0.3, -0.25) is 9.59 Å². The highest BCUT2D eigenvalue weighted by Gasteiger charge is 2.86. The highest BCUT2D eigenvalue weighted by molar-refractivity contribution is 5.96. The number of ketones is 1. The summed E-state index contributed by atoms with van der Waals surface area (Å²) in [6.07, 6.45) is 1.54. The molecule has 23 heavy (non-hydrogen) atoms. The molecule has 2 saturated carbocycles. The average Bonchev–Trinajstić information content (AvgIpc) is 2.85. The summed E-state index contributed by atoms with van der Waals surface area (Å²) in [5, 5.41) is 10.8. The van der Waals surface area contributed by atoms with Gasteiger partial charge in [0.15, 0.2) is 0 Å². The van der Waals surface area contributed by atoms with Crippen LogP contribution >= 0.6 is 0 Å². The Kier molecular flexibility index (Phi) is 2.71. The SMILES string of the molecule is CC(=O)O[C@H]1C[C@@H](C)[C@@H]2C[C@@]3(O)O[C@@]24[C@@H]1C(C)(C)C[C@]4(C)C3=O. The fraction of sp³-hybridized carbons (Fsp3) is 0.889. The maximum Gasteiger partial charge on any atom is 0.302 e. The second-order valence-electron chi connectivity index (χ2n) is 9.16. The van der Waals surface area contributed by atoms with E-state index in [-0.39, 0.29) is 41.0 Å². The Balaban J connectivity index is 1.91. The van der Waals surface area contributed by atoms with Crippen molar-refractivity contribution >= 4 is 11.8 Å². The molecule has 0 radical (unpaired) electrons. The van der Waals surface area contributed by atoms with E-state index >= 15 is 0 Å². The van der Waals surface area contributed by atoms with E-state index in [9.17, 15) is 14.7 Å². The predicted molar refractivity (Wildman–Crippen MR) is 81.2 cm³/mol. The highest BCUT2D eigenvalue weighted by Crippen LogP contribution is 2.77. The number of ether oxygens (including phenoxy) is 2. The third-order valence-corrected chi connectivity index (χ3v) is 7.20. The van der Waals surface area contributed by atoms with E-state index in [2.05, 4.69) is 20.8 Å². The van der Waals surface area contributed by atoms with Crippen LogP contribution in [-0.4, -0.2) is 34.4 Å². The molecule has 1 N–H and O–H groups in total. The van der Waals surface area contributed by atoms with Gasteiger partial charge in [-0.1, -0.05) is 20.8 Å². The van der Waals surface area contributed by atoms with Crippen LogP contribution in [0.4, 0.5) is 0 Å². The van der Waals surface area contributed by atoms with E-state index in [0.717, 1.165) is 6.42 Å². The van der Waals surface area contributed by atoms with E-state index in [1.54, 1.807) is 0 Å². The van der Waals surface area contributed by atoms with Crippen LogP contribution in [0, 0.1) is 28.6 Å². The number of esters is 1. The van der Waals surface area contributed by atoms with Gasteiger partial charge in [0.25, 0.3) is 0 Å². The van der Waals surface area contributed by atoms with Gasteiger partial charge in [0.2, 0.25) is 11.6 Å². The second-order valence-corrected chi connectivity index (χ2v) is 9.16. The van der Waals surface area contributed by atoms with Crippen molar-refractivity contribution in [3.63, 3.8) is 0 Å². The van der Waals surface area contributed by atoms with Crippen molar-refractivity contribution in [2.75, 3.05) is 0 Å². The lowest BCUT2D eigenvalue weighted by molar-refractivity contribution is -0.226. The van der Waals surface area contributed by atoms with Crippen LogP contribution < -0.4 is 0 Å². The Morgan fingerprint density at radius 3 is 2.61 bits per heavy atom. The molecule has 5 heteroatoms. The Hall–Kier alpha value is -0.940. The van der Waals surface area contributed by atoms with Gasteiger partial charge in [0.1, 0.15) is 6.10 Å². The van der Waals surface area contributed by atoms with Crippen LogP contribution in [-0.2, 0) is 19.1 Å². The van der Waals surface area contributed by atoms with Gasteiger partial charge in [-0.15, -0.1) is 0 Å². The number of rotatable bonds is 1. The zero-order chi connectivity index (χ0) is 17.0. The van der Waals surface area contributed by atoms with Crippen LogP contribution in [0.15, 0.2) is 0 Å². The first kappa shape index (κ1) is 15.6. The van der Waals surface area contributed by atoms with E-state index in [0.29, 0.717) is 12.8 Å². The quantitative estimate of drug-likeness (QED) is 0.748. The summed E-state index contributed by atoms with van der Waals surface area (Å²) in [4.78, 5) is 24.6. The normalized spacial score (nSPS) is 55.8. The zero-order valence-corrected chi connectivity index (χ0v) is 14.5. The van der Waals surface area contributed by atoms with Gasteiger partial charge >= 0.3 is 5.97 Å². The molecule has 5 nitrogen and oxygen atoms in total. The fourth-order valence-electron chi connectivity index (χ4n) is 6.97. The van der Waals surface area contributed by atoms with Gasteiger partial charge in [-0.25, -0.2) is 0 Å². The predicted octanol–water partition coefficient (Wildman–Crippen LogP) is 2.06. The molecule has 0 unspecified atom stereocenters. The van der Waals surface area contributed by atoms with Crippen molar-refractivity contribution in [3.8, 4) is 0 Å². The lowest BCUT2D eigenvalue weighted by Crippen LogP contribution is -2.62. The molecule has 1 spiro atoms. The standard InChI is InChI=1S/C18H26O5/c1-9-6-12(22-10(2)19)13-15(3,4)8-16(5)14(20)17(21)7-11(9)18(13,16)23-17/h9,11-13,21H,6-8H2,1-5H3/t9-,11+,12+,13+,16-,17-,18-/m1/s1. The van der Waals surface area contributed by atoms with Gasteiger partial charge in [0.05, 0.1) is 11.0 Å². The van der Waals surface area contributed by atoms with Crippen LogP contribution in [0.2, 0.25) is 0 Å². The number of carbonyl (C=O) groups excluding carboxylic acids is 2. The van der Waals surface area contributed by atoms with Crippen molar-refractivity contribution in [1.82, 2.24) is 0 Å². The Labute approximate surface area is 136 Å². The smallest absolute Gasteiger partial charge is 0.302 e. The summed E-state index contributed by atoms with van der Waals surface area (Å²) in [7, 11) is 0. The summed E-state index contributed by atoms with van der Waals surface area (Å²) < 4.78 is 11.9. The molecule has 4 rings (SSSR count). The van der Waals surface area contributed by atoms with Crippen LogP contribution in [0.1, 0.15) is 53.9 Å². The molecule has 0 aromatic carbocycles. The third-order valence-electron chi connectivity index (χ3n) is 7.20. The Morgan fingerprint density at radius 1 is 1.35 bits per heavy atom. The molecule has 2 aliphatic carbocycles. The number of fused-ring (bicyclic) bond motifs is 1. The van der Waals surface area contributed by atoms with E-state index < -0.39 is 16.8 Å². The van der Waals surface area contributed by atoms with Crippen LogP contribution in [0.25, 0.3) is 0 Å². The zero-order valence-electron chi connectivity index (χ0n) is 14.5. The summed E-state index contributed by atoms with van der Waals surface area (Å²) in [6.45, 7) is 9.77. The minimum atomic E-state index is -1.65. The molecular formula is C18H26O5. The van der Waals surface area contributed by atoms with Crippen molar-refractivity contribution in [2.24, 2.45) is 28.6 Å². The molecule has 0 aromatic heterocycles. The first-order valence-corrected chi connectivity index (χ1v) is 8.63.